The average Bonchev–Trinajstić information content (AvgIpc) is 2.94. The smallest absolute Gasteiger partial charge is 0.325 e. The van der Waals surface area contributed by atoms with Crippen LogP contribution in [0.3, 0.4) is 0 Å². The fraction of sp³-hybridized carbons (Fsp3) is 0.318. The molecule has 4 rings (SSSR count). The number of urea groups is 1. The van der Waals surface area contributed by atoms with Gasteiger partial charge >= 0.3 is 6.03 Å². The highest BCUT2D eigenvalue weighted by Gasteiger charge is 2.54. The van der Waals surface area contributed by atoms with E-state index in [2.05, 4.69) is 5.32 Å². The first-order chi connectivity index (χ1) is 13.9. The SMILES string of the molecule is CN(Cc1ccccc1F)C(=O)CN1C(=O)N[C@]2(CCCc3ccccc32)C1=O. The maximum Gasteiger partial charge on any atom is 0.325 e. The van der Waals surface area contributed by atoms with Gasteiger partial charge in [-0.1, -0.05) is 42.5 Å². The van der Waals surface area contributed by atoms with Crippen molar-refractivity contribution in [2.45, 2.75) is 31.3 Å². The van der Waals surface area contributed by atoms with Gasteiger partial charge in [0, 0.05) is 19.2 Å². The van der Waals surface area contributed by atoms with E-state index in [-0.39, 0.29) is 13.1 Å². The second-order valence-electron chi connectivity index (χ2n) is 7.58. The van der Waals surface area contributed by atoms with Gasteiger partial charge < -0.3 is 10.2 Å². The zero-order valence-electron chi connectivity index (χ0n) is 16.2. The molecule has 1 saturated heterocycles. The highest BCUT2D eigenvalue weighted by molar-refractivity contribution is 6.09. The molecule has 0 bridgehead atoms. The second kappa shape index (κ2) is 7.31. The van der Waals surface area contributed by atoms with E-state index in [9.17, 15) is 18.8 Å². The Morgan fingerprint density at radius 1 is 1.17 bits per heavy atom. The minimum atomic E-state index is -1.10. The Balaban J connectivity index is 1.52. The molecule has 4 amide bonds. The van der Waals surface area contributed by atoms with Crippen LogP contribution in [-0.4, -0.2) is 41.2 Å². The first kappa shape index (κ1) is 19.1. The van der Waals surface area contributed by atoms with Crippen LogP contribution in [0.4, 0.5) is 9.18 Å². The zero-order chi connectivity index (χ0) is 20.6. The number of carbonyl (C=O) groups is 3. The lowest BCUT2D eigenvalue weighted by atomic mass is 9.76. The van der Waals surface area contributed by atoms with Gasteiger partial charge in [0.25, 0.3) is 5.91 Å². The molecule has 150 valence electrons. The molecule has 0 aromatic heterocycles. The minimum Gasteiger partial charge on any atom is -0.340 e. The van der Waals surface area contributed by atoms with Crippen LogP contribution < -0.4 is 5.32 Å². The predicted octanol–water partition coefficient (Wildman–Crippen LogP) is 2.57. The van der Waals surface area contributed by atoms with E-state index in [1.54, 1.807) is 18.2 Å². The molecule has 2 aromatic rings. The predicted molar refractivity (Wildman–Crippen MR) is 104 cm³/mol. The van der Waals surface area contributed by atoms with Crippen molar-refractivity contribution in [3.8, 4) is 0 Å². The molecule has 29 heavy (non-hydrogen) atoms. The minimum absolute atomic E-state index is 0.0587. The Morgan fingerprint density at radius 2 is 1.90 bits per heavy atom. The number of benzene rings is 2. The third-order valence-electron chi connectivity index (χ3n) is 5.74. The number of nitrogens with zero attached hydrogens (tertiary/aromatic N) is 2. The van der Waals surface area contributed by atoms with Crippen LogP contribution in [0.25, 0.3) is 0 Å². The molecule has 1 spiro atoms. The van der Waals surface area contributed by atoms with Crippen molar-refractivity contribution < 1.29 is 18.8 Å². The fourth-order valence-electron chi connectivity index (χ4n) is 4.18. The van der Waals surface area contributed by atoms with E-state index in [4.69, 9.17) is 0 Å². The Kier molecular flexibility index (Phi) is 4.82. The molecule has 7 heteroatoms. The van der Waals surface area contributed by atoms with Crippen molar-refractivity contribution in [2.24, 2.45) is 0 Å². The Bertz CT molecular complexity index is 993. The van der Waals surface area contributed by atoms with Crippen LogP contribution in [0.1, 0.15) is 29.5 Å². The maximum absolute atomic E-state index is 13.9. The fourth-order valence-corrected chi connectivity index (χ4v) is 4.18. The van der Waals surface area contributed by atoms with Gasteiger partial charge in [-0.2, -0.15) is 0 Å². The van der Waals surface area contributed by atoms with Crippen molar-refractivity contribution >= 4 is 17.8 Å². The van der Waals surface area contributed by atoms with Gasteiger partial charge in [0.1, 0.15) is 17.9 Å². The summed E-state index contributed by atoms with van der Waals surface area (Å²) < 4.78 is 13.9. The van der Waals surface area contributed by atoms with Crippen LogP contribution in [0.5, 0.6) is 0 Å². The molecule has 2 aromatic carbocycles. The number of rotatable bonds is 4. The van der Waals surface area contributed by atoms with Gasteiger partial charge in [-0.3, -0.25) is 14.5 Å². The van der Waals surface area contributed by atoms with Crippen LogP contribution in [0, 0.1) is 5.82 Å². The first-order valence-corrected chi connectivity index (χ1v) is 9.62. The van der Waals surface area contributed by atoms with E-state index in [1.807, 2.05) is 24.3 Å². The summed E-state index contributed by atoms with van der Waals surface area (Å²) in [5, 5.41) is 2.84. The third kappa shape index (κ3) is 3.26. The number of hydrogen-bond acceptors (Lipinski definition) is 3. The number of halogens is 1. The molecular formula is C22H22FN3O3. The van der Waals surface area contributed by atoms with E-state index in [1.165, 1.54) is 18.0 Å². The first-order valence-electron chi connectivity index (χ1n) is 9.62. The van der Waals surface area contributed by atoms with Crippen LogP contribution >= 0.6 is 0 Å². The largest absolute Gasteiger partial charge is 0.340 e. The van der Waals surface area contributed by atoms with Gasteiger partial charge in [-0.05, 0) is 36.5 Å². The molecule has 1 aliphatic heterocycles. The van der Waals surface area contributed by atoms with Crippen LogP contribution in [0.2, 0.25) is 0 Å². The highest BCUT2D eigenvalue weighted by atomic mass is 19.1. The molecular weight excluding hydrogens is 373 g/mol. The number of aryl methyl sites for hydroxylation is 1. The molecule has 1 aliphatic carbocycles. The third-order valence-corrected chi connectivity index (χ3v) is 5.74. The van der Waals surface area contributed by atoms with Gasteiger partial charge in [0.15, 0.2) is 0 Å². The Hall–Kier alpha value is -3.22. The molecule has 0 saturated carbocycles. The van der Waals surface area contributed by atoms with Crippen molar-refractivity contribution in [3.05, 3.63) is 71.0 Å². The lowest BCUT2D eigenvalue weighted by molar-refractivity contribution is -0.139. The highest BCUT2D eigenvalue weighted by Crippen LogP contribution is 2.39. The second-order valence-corrected chi connectivity index (χ2v) is 7.58. The average molecular weight is 395 g/mol. The van der Waals surface area contributed by atoms with E-state index in [0.29, 0.717) is 12.0 Å². The van der Waals surface area contributed by atoms with E-state index < -0.39 is 29.2 Å². The summed E-state index contributed by atoms with van der Waals surface area (Å²) >= 11 is 0. The summed E-state index contributed by atoms with van der Waals surface area (Å²) in [5.41, 5.74) is 1.12. The molecule has 6 nitrogen and oxygen atoms in total. The van der Waals surface area contributed by atoms with Crippen LogP contribution in [-0.2, 0) is 28.1 Å². The van der Waals surface area contributed by atoms with Crippen LogP contribution in [0.15, 0.2) is 48.5 Å². The maximum atomic E-state index is 13.9. The number of imide groups is 1. The Labute approximate surface area is 168 Å². The lowest BCUT2D eigenvalue weighted by Crippen LogP contribution is -2.47. The van der Waals surface area contributed by atoms with Gasteiger partial charge in [0.2, 0.25) is 5.91 Å². The number of amides is 4. The summed E-state index contributed by atoms with van der Waals surface area (Å²) in [5.74, 6) is -1.24. The number of nitrogens with one attached hydrogen (secondary N) is 1. The molecule has 0 radical (unpaired) electrons. The summed E-state index contributed by atoms with van der Waals surface area (Å²) in [6.45, 7) is -0.317. The molecule has 1 atom stereocenters. The summed E-state index contributed by atoms with van der Waals surface area (Å²) in [4.78, 5) is 40.8. The number of carbonyl (C=O) groups excluding carboxylic acids is 3. The normalized spacial score (nSPS) is 20.6. The standard InChI is InChI=1S/C22H22FN3O3/c1-25(13-16-8-3-5-11-18(16)23)19(27)14-26-20(28)22(24-21(26)29)12-6-9-15-7-2-4-10-17(15)22/h2-5,7-8,10-11H,6,9,12-14H2,1H3,(H,24,29)/t22-/m0/s1. The van der Waals surface area contributed by atoms with Crippen molar-refractivity contribution in [1.82, 2.24) is 15.1 Å². The number of fused-ring (bicyclic) bond motifs is 2. The summed E-state index contributed by atoms with van der Waals surface area (Å²) in [6.07, 6.45) is 2.13. The molecule has 0 unspecified atom stereocenters. The number of hydrogen-bond donors (Lipinski definition) is 1. The summed E-state index contributed by atoms with van der Waals surface area (Å²) in [6, 6.07) is 13.2. The van der Waals surface area contributed by atoms with Gasteiger partial charge in [-0.15, -0.1) is 0 Å². The summed E-state index contributed by atoms with van der Waals surface area (Å²) in [7, 11) is 1.53. The van der Waals surface area contributed by atoms with Crippen molar-refractivity contribution in [1.29, 1.82) is 0 Å². The monoisotopic (exact) mass is 395 g/mol. The quantitative estimate of drug-likeness (QED) is 0.809. The molecule has 1 fully saturated rings. The topological polar surface area (TPSA) is 69.7 Å². The molecule has 1 N–H and O–H groups in total. The molecule has 2 aliphatic rings. The Morgan fingerprint density at radius 3 is 2.69 bits per heavy atom. The zero-order valence-corrected chi connectivity index (χ0v) is 16.2. The van der Waals surface area contributed by atoms with Gasteiger partial charge in [-0.25, -0.2) is 9.18 Å². The van der Waals surface area contributed by atoms with E-state index >= 15 is 0 Å². The number of likely N-dealkylation sites (N-methyl/N-ethyl adjacent to an activating group) is 1. The van der Waals surface area contributed by atoms with Crippen molar-refractivity contribution in [2.75, 3.05) is 13.6 Å². The van der Waals surface area contributed by atoms with Crippen molar-refractivity contribution in [3.63, 3.8) is 0 Å². The van der Waals surface area contributed by atoms with Gasteiger partial charge in [0.05, 0.1) is 0 Å². The lowest BCUT2D eigenvalue weighted by Gasteiger charge is -2.33. The van der Waals surface area contributed by atoms with E-state index in [0.717, 1.165) is 28.9 Å². The molecule has 1 heterocycles.